The van der Waals surface area contributed by atoms with Crippen LogP contribution in [0.3, 0.4) is 0 Å². The van der Waals surface area contributed by atoms with Gasteiger partial charge >= 0.3 is 0 Å². The van der Waals surface area contributed by atoms with Crippen LogP contribution in [0, 0.1) is 5.92 Å². The Morgan fingerprint density at radius 3 is 2.76 bits per heavy atom. The topological polar surface area (TPSA) is 55.1 Å². The van der Waals surface area contributed by atoms with Gasteiger partial charge in [0.05, 0.1) is 0 Å². The molecule has 0 heterocycles. The van der Waals surface area contributed by atoms with E-state index < -0.39 is 0 Å². The maximum absolute atomic E-state index is 11.9. The molecule has 3 nitrogen and oxygen atoms in total. The van der Waals surface area contributed by atoms with Gasteiger partial charge in [-0.1, -0.05) is 17.7 Å². The molecule has 0 radical (unpaired) electrons. The molecule has 1 aliphatic carbocycles. The van der Waals surface area contributed by atoms with Crippen molar-refractivity contribution >= 4 is 29.9 Å². The van der Waals surface area contributed by atoms with Crippen LogP contribution in [0.4, 0.5) is 0 Å². The van der Waals surface area contributed by atoms with E-state index in [1.54, 1.807) is 24.3 Å². The summed E-state index contributed by atoms with van der Waals surface area (Å²) in [6.45, 7) is 0.497. The van der Waals surface area contributed by atoms with Gasteiger partial charge in [-0.05, 0) is 37.0 Å². The number of hydrogen-bond acceptors (Lipinski definition) is 2. The van der Waals surface area contributed by atoms with E-state index in [0.29, 0.717) is 23.0 Å². The van der Waals surface area contributed by atoms with Gasteiger partial charge in [0, 0.05) is 23.2 Å². The third-order valence-electron chi connectivity index (χ3n) is 2.85. The summed E-state index contributed by atoms with van der Waals surface area (Å²) in [5, 5.41) is 3.52. The van der Waals surface area contributed by atoms with Gasteiger partial charge in [-0.3, -0.25) is 4.79 Å². The Morgan fingerprint density at radius 2 is 2.24 bits per heavy atom. The Bertz CT molecular complexity index is 394. The highest BCUT2D eigenvalue weighted by Crippen LogP contribution is 2.32. The van der Waals surface area contributed by atoms with Gasteiger partial charge in [0.25, 0.3) is 5.91 Å². The number of benzene rings is 1. The first-order chi connectivity index (χ1) is 7.70. The third-order valence-corrected chi connectivity index (χ3v) is 3.08. The Morgan fingerprint density at radius 1 is 1.53 bits per heavy atom. The molecule has 17 heavy (non-hydrogen) atoms. The van der Waals surface area contributed by atoms with E-state index in [1.165, 1.54) is 0 Å². The predicted octanol–water partition coefficient (Wildman–Crippen LogP) is 2.23. The molecular weight excluding hydrogens is 259 g/mol. The van der Waals surface area contributed by atoms with Crippen LogP contribution in [0.2, 0.25) is 5.02 Å². The maximum Gasteiger partial charge on any atom is 0.251 e. The van der Waals surface area contributed by atoms with E-state index in [-0.39, 0.29) is 24.4 Å². The summed E-state index contributed by atoms with van der Waals surface area (Å²) in [5.74, 6) is 0.470. The fourth-order valence-electron chi connectivity index (χ4n) is 1.75. The van der Waals surface area contributed by atoms with Crippen molar-refractivity contribution in [1.82, 2.24) is 5.32 Å². The van der Waals surface area contributed by atoms with Crippen LogP contribution in [-0.4, -0.2) is 18.5 Å². The zero-order valence-corrected chi connectivity index (χ0v) is 10.9. The van der Waals surface area contributed by atoms with Crippen LogP contribution in [0.15, 0.2) is 24.3 Å². The van der Waals surface area contributed by atoms with Crippen molar-refractivity contribution in [3.05, 3.63) is 34.9 Å². The zero-order valence-electron chi connectivity index (χ0n) is 9.36. The van der Waals surface area contributed by atoms with Crippen LogP contribution in [0.25, 0.3) is 0 Å². The minimum absolute atomic E-state index is 0. The minimum Gasteiger partial charge on any atom is -0.348 e. The smallest absolute Gasteiger partial charge is 0.251 e. The lowest BCUT2D eigenvalue weighted by Crippen LogP contribution is -2.41. The highest BCUT2D eigenvalue weighted by molar-refractivity contribution is 6.30. The van der Waals surface area contributed by atoms with Gasteiger partial charge in [0.1, 0.15) is 0 Å². The predicted molar refractivity (Wildman–Crippen MR) is 71.7 cm³/mol. The molecule has 1 fully saturated rings. The molecule has 0 aromatic heterocycles. The average Bonchev–Trinajstić information content (AvgIpc) is 3.09. The lowest BCUT2D eigenvalue weighted by Gasteiger charge is -2.15. The lowest BCUT2D eigenvalue weighted by molar-refractivity contribution is 0.0933. The van der Waals surface area contributed by atoms with E-state index in [0.717, 1.165) is 12.8 Å². The zero-order chi connectivity index (χ0) is 11.5. The molecule has 1 aromatic carbocycles. The van der Waals surface area contributed by atoms with Crippen LogP contribution >= 0.6 is 24.0 Å². The monoisotopic (exact) mass is 274 g/mol. The standard InChI is InChI=1S/C12H15ClN2O.ClH/c13-10-3-1-2-9(6-10)12(16)15-11(7-14)8-4-5-8;/h1-3,6,8,11H,4-5,7,14H2,(H,15,16);1H. The van der Waals surface area contributed by atoms with Crippen LogP contribution in [0.5, 0.6) is 0 Å². The molecule has 5 heteroatoms. The van der Waals surface area contributed by atoms with Crippen molar-refractivity contribution in [3.8, 4) is 0 Å². The molecule has 0 saturated heterocycles. The Kier molecular flexibility index (Phi) is 5.25. The number of carbonyl (C=O) groups is 1. The van der Waals surface area contributed by atoms with Gasteiger partial charge < -0.3 is 11.1 Å². The Labute approximate surface area is 112 Å². The molecule has 1 saturated carbocycles. The number of carbonyl (C=O) groups excluding carboxylic acids is 1. The minimum atomic E-state index is -0.0927. The molecule has 1 aromatic rings. The van der Waals surface area contributed by atoms with E-state index in [1.807, 2.05) is 0 Å². The second-order valence-corrected chi connectivity index (χ2v) is 4.60. The SMILES string of the molecule is Cl.NCC(NC(=O)c1cccc(Cl)c1)C1CC1. The summed E-state index contributed by atoms with van der Waals surface area (Å²) in [7, 11) is 0. The van der Waals surface area contributed by atoms with Crippen molar-refractivity contribution in [2.24, 2.45) is 11.7 Å². The van der Waals surface area contributed by atoms with Crippen molar-refractivity contribution in [1.29, 1.82) is 0 Å². The van der Waals surface area contributed by atoms with Gasteiger partial charge in [-0.2, -0.15) is 0 Å². The van der Waals surface area contributed by atoms with Gasteiger partial charge in [-0.15, -0.1) is 12.4 Å². The third kappa shape index (κ3) is 3.87. The molecule has 0 spiro atoms. The Balaban J connectivity index is 0.00000144. The molecule has 1 atom stereocenters. The number of rotatable bonds is 4. The van der Waals surface area contributed by atoms with Gasteiger partial charge in [-0.25, -0.2) is 0 Å². The molecule has 3 N–H and O–H groups in total. The number of amides is 1. The van der Waals surface area contributed by atoms with Crippen LogP contribution in [0.1, 0.15) is 23.2 Å². The fourth-order valence-corrected chi connectivity index (χ4v) is 1.94. The number of halogens is 2. The first kappa shape index (κ1) is 14.3. The summed E-state index contributed by atoms with van der Waals surface area (Å²) >= 11 is 5.83. The van der Waals surface area contributed by atoms with E-state index in [9.17, 15) is 4.79 Å². The molecule has 1 unspecified atom stereocenters. The van der Waals surface area contributed by atoms with Crippen LogP contribution in [-0.2, 0) is 0 Å². The maximum atomic E-state index is 11.9. The van der Waals surface area contributed by atoms with E-state index >= 15 is 0 Å². The molecular formula is C12H16Cl2N2O. The summed E-state index contributed by atoms with van der Waals surface area (Å²) in [5.41, 5.74) is 6.22. The number of nitrogens with two attached hydrogens (primary N) is 1. The summed E-state index contributed by atoms with van der Waals surface area (Å²) in [6, 6.07) is 7.04. The van der Waals surface area contributed by atoms with Crippen molar-refractivity contribution in [2.45, 2.75) is 18.9 Å². The molecule has 94 valence electrons. The average molecular weight is 275 g/mol. The number of nitrogens with one attached hydrogen (secondary N) is 1. The fraction of sp³-hybridized carbons (Fsp3) is 0.417. The highest BCUT2D eigenvalue weighted by atomic mass is 35.5. The normalized spacial score (nSPS) is 15.9. The van der Waals surface area contributed by atoms with Gasteiger partial charge in [0.2, 0.25) is 0 Å². The first-order valence-corrected chi connectivity index (χ1v) is 5.85. The Hall–Kier alpha value is -0.770. The second-order valence-electron chi connectivity index (χ2n) is 4.16. The largest absolute Gasteiger partial charge is 0.348 e. The van der Waals surface area contributed by atoms with E-state index in [2.05, 4.69) is 5.32 Å². The van der Waals surface area contributed by atoms with Crippen molar-refractivity contribution in [3.63, 3.8) is 0 Å². The summed E-state index contributed by atoms with van der Waals surface area (Å²) < 4.78 is 0. The quantitative estimate of drug-likeness (QED) is 0.885. The molecule has 2 rings (SSSR count). The summed E-state index contributed by atoms with van der Waals surface area (Å²) in [4.78, 5) is 11.9. The first-order valence-electron chi connectivity index (χ1n) is 5.47. The molecule has 1 aliphatic rings. The van der Waals surface area contributed by atoms with Crippen molar-refractivity contribution < 1.29 is 4.79 Å². The molecule has 0 aliphatic heterocycles. The van der Waals surface area contributed by atoms with Crippen LogP contribution < -0.4 is 11.1 Å². The highest BCUT2D eigenvalue weighted by Gasteiger charge is 2.31. The second kappa shape index (κ2) is 6.24. The summed E-state index contributed by atoms with van der Waals surface area (Å²) in [6.07, 6.45) is 2.33. The molecule has 1 amide bonds. The van der Waals surface area contributed by atoms with Gasteiger partial charge in [0.15, 0.2) is 0 Å². The van der Waals surface area contributed by atoms with E-state index in [4.69, 9.17) is 17.3 Å². The number of hydrogen-bond donors (Lipinski definition) is 2. The van der Waals surface area contributed by atoms with Crippen molar-refractivity contribution in [2.75, 3.05) is 6.54 Å². The lowest BCUT2D eigenvalue weighted by atomic mass is 10.1. The molecule has 0 bridgehead atoms.